The molecule has 2 rings (SSSR count). The zero-order chi connectivity index (χ0) is 17.0. The number of carbonyl (C=O) groups is 2. The van der Waals surface area contributed by atoms with E-state index in [2.05, 4.69) is 15.9 Å². The number of hydrogen-bond acceptors (Lipinski definition) is 2. The van der Waals surface area contributed by atoms with E-state index >= 15 is 0 Å². The Morgan fingerprint density at radius 1 is 1.26 bits per heavy atom. The smallest absolute Gasteiger partial charge is 0.347 e. The molecule has 1 fully saturated rings. The SMILES string of the molecule is O=C(NCC(F)(F)F)C1CCN(C(=O)c2cccc(Br)c2)CC1. The summed E-state index contributed by atoms with van der Waals surface area (Å²) in [7, 11) is 0. The van der Waals surface area contributed by atoms with Crippen molar-refractivity contribution in [2.45, 2.75) is 19.0 Å². The summed E-state index contributed by atoms with van der Waals surface area (Å²) >= 11 is 3.30. The minimum atomic E-state index is -4.41. The summed E-state index contributed by atoms with van der Waals surface area (Å²) in [6, 6.07) is 6.99. The number of hydrogen-bond donors (Lipinski definition) is 1. The molecule has 1 heterocycles. The summed E-state index contributed by atoms with van der Waals surface area (Å²) in [6.07, 6.45) is -3.68. The van der Waals surface area contributed by atoms with Crippen molar-refractivity contribution >= 4 is 27.7 Å². The molecule has 2 amide bonds. The summed E-state index contributed by atoms with van der Waals surface area (Å²) in [5.41, 5.74) is 0.541. The average molecular weight is 393 g/mol. The van der Waals surface area contributed by atoms with E-state index in [-0.39, 0.29) is 5.91 Å². The maximum absolute atomic E-state index is 12.3. The van der Waals surface area contributed by atoms with E-state index in [1.165, 1.54) is 0 Å². The molecule has 0 aliphatic carbocycles. The topological polar surface area (TPSA) is 49.4 Å². The quantitative estimate of drug-likeness (QED) is 0.859. The maximum Gasteiger partial charge on any atom is 0.405 e. The highest BCUT2D eigenvalue weighted by Crippen LogP contribution is 2.21. The fraction of sp³-hybridized carbons (Fsp3) is 0.467. The maximum atomic E-state index is 12.3. The molecule has 1 N–H and O–H groups in total. The zero-order valence-electron chi connectivity index (χ0n) is 12.2. The Bertz CT molecular complexity index is 584. The van der Waals surface area contributed by atoms with Gasteiger partial charge in [0.2, 0.25) is 5.91 Å². The number of nitrogens with zero attached hydrogens (tertiary/aromatic N) is 1. The van der Waals surface area contributed by atoms with Crippen molar-refractivity contribution in [3.8, 4) is 0 Å². The van der Waals surface area contributed by atoms with Gasteiger partial charge in [0, 0.05) is 29.0 Å². The summed E-state index contributed by atoms with van der Waals surface area (Å²) in [6.45, 7) is -0.603. The van der Waals surface area contributed by atoms with Crippen LogP contribution in [0.4, 0.5) is 13.2 Å². The highest BCUT2D eigenvalue weighted by molar-refractivity contribution is 9.10. The van der Waals surface area contributed by atoms with E-state index in [9.17, 15) is 22.8 Å². The Labute approximate surface area is 140 Å². The number of alkyl halides is 3. The third-order valence-electron chi connectivity index (χ3n) is 3.69. The first-order chi connectivity index (χ1) is 10.8. The monoisotopic (exact) mass is 392 g/mol. The Kier molecular flexibility index (Phi) is 5.67. The number of halogens is 4. The molecule has 23 heavy (non-hydrogen) atoms. The third-order valence-corrected chi connectivity index (χ3v) is 4.18. The van der Waals surface area contributed by atoms with Gasteiger partial charge in [-0.2, -0.15) is 13.2 Å². The molecule has 0 saturated carbocycles. The lowest BCUT2D eigenvalue weighted by Crippen LogP contribution is -2.44. The molecule has 8 heteroatoms. The largest absolute Gasteiger partial charge is 0.405 e. The van der Waals surface area contributed by atoms with Crippen molar-refractivity contribution in [1.82, 2.24) is 10.2 Å². The Balaban J connectivity index is 1.86. The van der Waals surface area contributed by atoms with E-state index in [0.29, 0.717) is 31.5 Å². The van der Waals surface area contributed by atoms with Crippen LogP contribution in [-0.4, -0.2) is 42.5 Å². The molecule has 1 aromatic rings. The number of rotatable bonds is 3. The van der Waals surface area contributed by atoms with Gasteiger partial charge in [0.05, 0.1) is 0 Å². The molecule has 126 valence electrons. The molecule has 4 nitrogen and oxygen atoms in total. The first-order valence-corrected chi connectivity index (χ1v) is 7.95. The van der Waals surface area contributed by atoms with Gasteiger partial charge in [0.1, 0.15) is 6.54 Å². The number of carbonyl (C=O) groups excluding carboxylic acids is 2. The fourth-order valence-electron chi connectivity index (χ4n) is 2.48. The average Bonchev–Trinajstić information content (AvgIpc) is 2.51. The van der Waals surface area contributed by atoms with Crippen molar-refractivity contribution in [1.29, 1.82) is 0 Å². The van der Waals surface area contributed by atoms with Gasteiger partial charge in [-0.05, 0) is 31.0 Å². The second-order valence-electron chi connectivity index (χ2n) is 5.41. The molecule has 1 aliphatic heterocycles. The van der Waals surface area contributed by atoms with Gasteiger partial charge in [0.25, 0.3) is 5.91 Å². The van der Waals surface area contributed by atoms with Crippen LogP contribution in [0.15, 0.2) is 28.7 Å². The molecule has 1 aliphatic rings. The van der Waals surface area contributed by atoms with Crippen molar-refractivity contribution in [3.05, 3.63) is 34.3 Å². The second kappa shape index (κ2) is 7.33. The Morgan fingerprint density at radius 2 is 1.91 bits per heavy atom. The predicted molar refractivity (Wildman–Crippen MR) is 81.8 cm³/mol. The summed E-state index contributed by atoms with van der Waals surface area (Å²) in [5.74, 6) is -1.22. The van der Waals surface area contributed by atoms with E-state index in [1.807, 2.05) is 11.4 Å². The lowest BCUT2D eigenvalue weighted by Gasteiger charge is -2.31. The van der Waals surface area contributed by atoms with Crippen LogP contribution in [0.1, 0.15) is 23.2 Å². The molecule has 1 aromatic carbocycles. The van der Waals surface area contributed by atoms with Crippen LogP contribution < -0.4 is 5.32 Å². The van der Waals surface area contributed by atoms with Gasteiger partial charge in [-0.15, -0.1) is 0 Å². The van der Waals surface area contributed by atoms with Crippen LogP contribution in [0.5, 0.6) is 0 Å². The van der Waals surface area contributed by atoms with Crippen molar-refractivity contribution in [2.24, 2.45) is 5.92 Å². The van der Waals surface area contributed by atoms with Crippen LogP contribution in [0.25, 0.3) is 0 Å². The van der Waals surface area contributed by atoms with E-state index in [1.54, 1.807) is 23.1 Å². The third kappa shape index (κ3) is 5.23. The number of likely N-dealkylation sites (tertiary alicyclic amines) is 1. The van der Waals surface area contributed by atoms with Crippen molar-refractivity contribution in [3.63, 3.8) is 0 Å². The normalized spacial score (nSPS) is 16.3. The van der Waals surface area contributed by atoms with Gasteiger partial charge >= 0.3 is 6.18 Å². The molecule has 0 bridgehead atoms. The van der Waals surface area contributed by atoms with Gasteiger partial charge in [-0.1, -0.05) is 22.0 Å². The number of piperidine rings is 1. The molecular weight excluding hydrogens is 377 g/mol. The first-order valence-electron chi connectivity index (χ1n) is 7.15. The van der Waals surface area contributed by atoms with Gasteiger partial charge in [-0.3, -0.25) is 9.59 Å². The minimum absolute atomic E-state index is 0.138. The van der Waals surface area contributed by atoms with Crippen LogP contribution in [0.3, 0.4) is 0 Å². The molecular formula is C15H16BrF3N2O2. The first kappa shape index (κ1) is 17.8. The molecule has 0 aromatic heterocycles. The van der Waals surface area contributed by atoms with E-state index in [4.69, 9.17) is 0 Å². The molecule has 0 radical (unpaired) electrons. The summed E-state index contributed by atoms with van der Waals surface area (Å²) in [4.78, 5) is 25.7. The van der Waals surface area contributed by atoms with Crippen molar-refractivity contribution in [2.75, 3.05) is 19.6 Å². The number of amides is 2. The second-order valence-corrected chi connectivity index (χ2v) is 6.33. The van der Waals surface area contributed by atoms with Crippen LogP contribution in [0.2, 0.25) is 0 Å². The van der Waals surface area contributed by atoms with Crippen LogP contribution in [-0.2, 0) is 4.79 Å². The molecule has 0 atom stereocenters. The van der Waals surface area contributed by atoms with Crippen LogP contribution >= 0.6 is 15.9 Å². The fourth-order valence-corrected chi connectivity index (χ4v) is 2.88. The molecule has 0 spiro atoms. The van der Waals surface area contributed by atoms with Crippen molar-refractivity contribution < 1.29 is 22.8 Å². The lowest BCUT2D eigenvalue weighted by molar-refractivity contribution is -0.141. The molecule has 0 unspecified atom stereocenters. The summed E-state index contributed by atoms with van der Waals surface area (Å²) < 4.78 is 37.1. The highest BCUT2D eigenvalue weighted by Gasteiger charge is 2.32. The number of nitrogens with one attached hydrogen (secondary N) is 1. The highest BCUT2D eigenvalue weighted by atomic mass is 79.9. The zero-order valence-corrected chi connectivity index (χ0v) is 13.8. The van der Waals surface area contributed by atoms with Crippen LogP contribution in [0, 0.1) is 5.92 Å². The van der Waals surface area contributed by atoms with E-state index < -0.39 is 24.5 Å². The molecule has 1 saturated heterocycles. The van der Waals surface area contributed by atoms with Gasteiger partial charge in [0.15, 0.2) is 0 Å². The van der Waals surface area contributed by atoms with Gasteiger partial charge < -0.3 is 10.2 Å². The minimum Gasteiger partial charge on any atom is -0.347 e. The Hall–Kier alpha value is -1.57. The summed E-state index contributed by atoms with van der Waals surface area (Å²) in [5, 5.41) is 1.90. The van der Waals surface area contributed by atoms with E-state index in [0.717, 1.165) is 4.47 Å². The van der Waals surface area contributed by atoms with Gasteiger partial charge in [-0.25, -0.2) is 0 Å². The Morgan fingerprint density at radius 3 is 2.48 bits per heavy atom. The standard InChI is InChI=1S/C15H16BrF3N2O2/c16-12-3-1-2-11(8-12)14(23)21-6-4-10(5-7-21)13(22)20-9-15(17,18)19/h1-3,8,10H,4-7,9H2,(H,20,22). The number of benzene rings is 1. The predicted octanol–water partition coefficient (Wildman–Crippen LogP) is 2.98. The lowest BCUT2D eigenvalue weighted by atomic mass is 9.95.